The van der Waals surface area contributed by atoms with Gasteiger partial charge in [0.2, 0.25) is 0 Å². The molecule has 0 spiro atoms. The molecule has 122 valence electrons. The minimum atomic E-state index is -0.943. The molecule has 0 saturated carbocycles. The first-order valence-electron chi connectivity index (χ1n) is 7.36. The molecule has 2 aromatic carbocycles. The van der Waals surface area contributed by atoms with Gasteiger partial charge in [-0.2, -0.15) is 0 Å². The van der Waals surface area contributed by atoms with Crippen LogP contribution in [0.25, 0.3) is 0 Å². The molecule has 0 aliphatic heterocycles. The van der Waals surface area contributed by atoms with E-state index in [9.17, 15) is 9.90 Å². The lowest BCUT2D eigenvalue weighted by Crippen LogP contribution is -2.15. The van der Waals surface area contributed by atoms with Crippen LogP contribution in [-0.4, -0.2) is 24.2 Å². The molecule has 0 atom stereocenters. The van der Waals surface area contributed by atoms with E-state index in [1.54, 1.807) is 12.1 Å². The number of nitrogens with one attached hydrogen (secondary N) is 1. The summed E-state index contributed by atoms with van der Waals surface area (Å²) in [5, 5.41) is 13.1. The highest BCUT2D eigenvalue weighted by atomic mass is 35.5. The standard InChI is InChI=1S/C18H20ClNO3/c1-11-5-4-6-15(18(21)22)17(11)20-7-8-23-14-9-12(2)16(19)13(3)10-14/h4-6,9-10,20H,7-8H2,1-3H3,(H,21,22). The van der Waals surface area contributed by atoms with Crippen LogP contribution in [0.15, 0.2) is 30.3 Å². The number of carbonyl (C=O) groups is 1. The van der Waals surface area contributed by atoms with Crippen molar-refractivity contribution in [3.05, 3.63) is 57.6 Å². The second-order valence-corrected chi connectivity index (χ2v) is 5.83. The van der Waals surface area contributed by atoms with Gasteiger partial charge in [0.05, 0.1) is 11.3 Å². The Kier molecular flexibility index (Phi) is 5.50. The van der Waals surface area contributed by atoms with Gasteiger partial charge in [0.1, 0.15) is 12.4 Å². The number of ether oxygens (including phenoxy) is 1. The monoisotopic (exact) mass is 333 g/mol. The molecular weight excluding hydrogens is 314 g/mol. The second-order valence-electron chi connectivity index (χ2n) is 5.45. The first-order valence-corrected chi connectivity index (χ1v) is 7.74. The summed E-state index contributed by atoms with van der Waals surface area (Å²) in [5.41, 5.74) is 3.74. The molecule has 2 rings (SSSR count). The molecule has 5 heteroatoms. The van der Waals surface area contributed by atoms with Crippen LogP contribution in [0.5, 0.6) is 5.75 Å². The Morgan fingerprint density at radius 1 is 1.17 bits per heavy atom. The number of hydrogen-bond acceptors (Lipinski definition) is 3. The third-order valence-corrected chi connectivity index (χ3v) is 4.18. The van der Waals surface area contributed by atoms with Crippen LogP contribution in [0, 0.1) is 20.8 Å². The summed E-state index contributed by atoms with van der Waals surface area (Å²) in [6, 6.07) is 8.99. The Morgan fingerprint density at radius 3 is 2.43 bits per heavy atom. The van der Waals surface area contributed by atoms with Crippen LogP contribution < -0.4 is 10.1 Å². The van der Waals surface area contributed by atoms with Crippen LogP contribution in [0.2, 0.25) is 5.02 Å². The molecule has 2 N–H and O–H groups in total. The number of hydrogen-bond donors (Lipinski definition) is 2. The molecule has 0 aliphatic carbocycles. The molecule has 23 heavy (non-hydrogen) atoms. The molecule has 0 radical (unpaired) electrons. The first kappa shape index (κ1) is 17.2. The van der Waals surface area contributed by atoms with E-state index in [1.165, 1.54) is 0 Å². The fourth-order valence-corrected chi connectivity index (χ4v) is 2.52. The lowest BCUT2D eigenvalue weighted by atomic mass is 10.1. The molecule has 2 aromatic rings. The van der Waals surface area contributed by atoms with E-state index in [1.807, 2.05) is 39.0 Å². The molecule has 0 fully saturated rings. The second kappa shape index (κ2) is 7.38. The molecule has 0 heterocycles. The largest absolute Gasteiger partial charge is 0.492 e. The fourth-order valence-electron chi connectivity index (χ4n) is 2.42. The normalized spacial score (nSPS) is 10.4. The van der Waals surface area contributed by atoms with Gasteiger partial charge in [0.25, 0.3) is 0 Å². The maximum absolute atomic E-state index is 11.3. The predicted octanol–water partition coefficient (Wildman–Crippen LogP) is 4.45. The number of para-hydroxylation sites is 1. The van der Waals surface area contributed by atoms with Crippen molar-refractivity contribution < 1.29 is 14.6 Å². The van der Waals surface area contributed by atoms with Crippen molar-refractivity contribution in [2.24, 2.45) is 0 Å². The van der Waals surface area contributed by atoms with Crippen molar-refractivity contribution in [2.45, 2.75) is 20.8 Å². The fraction of sp³-hybridized carbons (Fsp3) is 0.278. The van der Waals surface area contributed by atoms with Gasteiger partial charge in [-0.1, -0.05) is 23.7 Å². The van der Waals surface area contributed by atoms with Crippen molar-refractivity contribution in [2.75, 3.05) is 18.5 Å². The van der Waals surface area contributed by atoms with Gasteiger partial charge in [-0.25, -0.2) is 4.79 Å². The zero-order valence-corrected chi connectivity index (χ0v) is 14.2. The number of carboxylic acids is 1. The average molecular weight is 334 g/mol. The number of halogens is 1. The maximum atomic E-state index is 11.3. The van der Waals surface area contributed by atoms with Gasteiger partial charge < -0.3 is 15.2 Å². The first-order chi connectivity index (χ1) is 10.9. The van der Waals surface area contributed by atoms with Gasteiger partial charge in [-0.15, -0.1) is 0 Å². The number of rotatable bonds is 6. The number of anilines is 1. The van der Waals surface area contributed by atoms with Crippen molar-refractivity contribution in [3.8, 4) is 5.75 Å². The van der Waals surface area contributed by atoms with Crippen LogP contribution in [0.1, 0.15) is 27.0 Å². The number of benzene rings is 2. The zero-order chi connectivity index (χ0) is 17.0. The van der Waals surface area contributed by atoms with E-state index in [0.29, 0.717) is 18.8 Å². The van der Waals surface area contributed by atoms with Crippen LogP contribution in [0.4, 0.5) is 5.69 Å². The molecule has 4 nitrogen and oxygen atoms in total. The summed E-state index contributed by atoms with van der Waals surface area (Å²) in [4.78, 5) is 11.3. The molecule has 0 amide bonds. The van der Waals surface area contributed by atoms with E-state index in [2.05, 4.69) is 5.32 Å². The van der Waals surface area contributed by atoms with Crippen molar-refractivity contribution in [3.63, 3.8) is 0 Å². The quantitative estimate of drug-likeness (QED) is 0.766. The molecule has 0 bridgehead atoms. The van der Waals surface area contributed by atoms with Crippen molar-refractivity contribution in [1.29, 1.82) is 0 Å². The third-order valence-electron chi connectivity index (χ3n) is 3.59. The van der Waals surface area contributed by atoms with E-state index >= 15 is 0 Å². The lowest BCUT2D eigenvalue weighted by Gasteiger charge is -2.14. The minimum absolute atomic E-state index is 0.267. The Labute approximate surface area is 141 Å². The number of aryl methyl sites for hydroxylation is 3. The van der Waals surface area contributed by atoms with E-state index in [0.717, 1.165) is 27.5 Å². The Bertz CT molecular complexity index is 705. The summed E-state index contributed by atoms with van der Waals surface area (Å²) >= 11 is 6.13. The Balaban J connectivity index is 1.98. The summed E-state index contributed by atoms with van der Waals surface area (Å²) in [6.45, 7) is 6.68. The van der Waals surface area contributed by atoms with Gasteiger partial charge in [-0.3, -0.25) is 0 Å². The van der Waals surface area contributed by atoms with Crippen molar-refractivity contribution in [1.82, 2.24) is 0 Å². The third kappa shape index (κ3) is 4.17. The average Bonchev–Trinajstić information content (AvgIpc) is 2.50. The lowest BCUT2D eigenvalue weighted by molar-refractivity contribution is 0.0698. The van der Waals surface area contributed by atoms with Crippen molar-refractivity contribution >= 4 is 23.3 Å². The predicted molar refractivity (Wildman–Crippen MR) is 93.0 cm³/mol. The van der Waals surface area contributed by atoms with Crippen LogP contribution in [0.3, 0.4) is 0 Å². The maximum Gasteiger partial charge on any atom is 0.337 e. The Morgan fingerprint density at radius 2 is 1.83 bits per heavy atom. The number of carboxylic acid groups (broad SMARTS) is 1. The topological polar surface area (TPSA) is 58.6 Å². The highest BCUT2D eigenvalue weighted by Crippen LogP contribution is 2.26. The Hall–Kier alpha value is -2.20. The van der Waals surface area contributed by atoms with E-state index < -0.39 is 5.97 Å². The summed E-state index contributed by atoms with van der Waals surface area (Å²) in [5.74, 6) is -0.185. The smallest absolute Gasteiger partial charge is 0.337 e. The molecule has 0 aliphatic rings. The highest BCUT2D eigenvalue weighted by Gasteiger charge is 2.11. The minimum Gasteiger partial charge on any atom is -0.492 e. The summed E-state index contributed by atoms with van der Waals surface area (Å²) < 4.78 is 5.72. The van der Waals surface area contributed by atoms with E-state index in [-0.39, 0.29) is 5.56 Å². The van der Waals surface area contributed by atoms with Crippen LogP contribution >= 0.6 is 11.6 Å². The van der Waals surface area contributed by atoms with E-state index in [4.69, 9.17) is 16.3 Å². The van der Waals surface area contributed by atoms with Gasteiger partial charge in [-0.05, 0) is 55.7 Å². The van der Waals surface area contributed by atoms with Gasteiger partial charge >= 0.3 is 5.97 Å². The molecule has 0 aromatic heterocycles. The van der Waals surface area contributed by atoms with Gasteiger partial charge in [0, 0.05) is 11.6 Å². The highest BCUT2D eigenvalue weighted by molar-refractivity contribution is 6.32. The number of aromatic carboxylic acids is 1. The summed E-state index contributed by atoms with van der Waals surface area (Å²) in [7, 11) is 0. The molecule has 0 saturated heterocycles. The van der Waals surface area contributed by atoms with Crippen LogP contribution in [-0.2, 0) is 0 Å². The SMILES string of the molecule is Cc1cc(OCCNc2c(C)cccc2C(=O)O)cc(C)c1Cl. The summed E-state index contributed by atoms with van der Waals surface area (Å²) in [6.07, 6.45) is 0. The molecular formula is C18H20ClNO3. The molecule has 0 unspecified atom stereocenters. The zero-order valence-electron chi connectivity index (χ0n) is 13.4. The van der Waals surface area contributed by atoms with Gasteiger partial charge in [0.15, 0.2) is 0 Å².